The minimum Gasteiger partial charge on any atom is -0.508 e. The first-order valence-electron chi connectivity index (χ1n) is 9.04. The van der Waals surface area contributed by atoms with E-state index in [9.17, 15) is 19.1 Å². The van der Waals surface area contributed by atoms with Crippen molar-refractivity contribution in [1.29, 1.82) is 0 Å². The third kappa shape index (κ3) is 4.36. The molecule has 0 fully saturated rings. The monoisotopic (exact) mass is 421 g/mol. The second-order valence-electron chi connectivity index (χ2n) is 6.53. The number of carbonyl (C=O) groups excluding carboxylic acids is 1. The molecule has 0 bridgehead atoms. The molecule has 1 amide bonds. The van der Waals surface area contributed by atoms with Crippen LogP contribution in [-0.2, 0) is 5.75 Å². The van der Waals surface area contributed by atoms with Crippen molar-refractivity contribution in [3.8, 4) is 5.75 Å². The molecule has 3 aromatic carbocycles. The van der Waals surface area contributed by atoms with Crippen molar-refractivity contribution in [3.05, 3.63) is 100 Å². The van der Waals surface area contributed by atoms with Crippen molar-refractivity contribution in [2.45, 2.75) is 10.6 Å². The summed E-state index contributed by atoms with van der Waals surface area (Å²) in [6, 6.07) is 19.2. The number of hydrogen-bond donors (Lipinski definition) is 2. The standard InChI is InChI=1S/C23H16FNO4S/c24-20-7-2-1-6-19(20)22(27)25-16-4-3-5-18(11-16)30-13-15-10-14-8-9-17(26)12-21(14)29-23(15)28/h1-12,26H,13H2,(H,25,27). The Labute approximate surface area is 175 Å². The molecule has 7 heteroatoms. The zero-order valence-electron chi connectivity index (χ0n) is 15.6. The van der Waals surface area contributed by atoms with E-state index in [1.165, 1.54) is 42.1 Å². The Morgan fingerprint density at radius 2 is 1.87 bits per heavy atom. The van der Waals surface area contributed by atoms with E-state index >= 15 is 0 Å². The lowest BCUT2D eigenvalue weighted by Gasteiger charge is -2.08. The number of anilines is 1. The van der Waals surface area contributed by atoms with Gasteiger partial charge in [0.1, 0.15) is 17.1 Å². The molecule has 1 heterocycles. The Kier molecular flexibility index (Phi) is 5.54. The average Bonchev–Trinajstić information content (AvgIpc) is 2.73. The van der Waals surface area contributed by atoms with Crippen LogP contribution < -0.4 is 10.9 Å². The summed E-state index contributed by atoms with van der Waals surface area (Å²) in [7, 11) is 0. The highest BCUT2D eigenvalue weighted by Crippen LogP contribution is 2.26. The largest absolute Gasteiger partial charge is 0.508 e. The third-order valence-corrected chi connectivity index (χ3v) is 5.44. The van der Waals surface area contributed by atoms with E-state index in [-0.39, 0.29) is 11.3 Å². The van der Waals surface area contributed by atoms with Crippen molar-refractivity contribution in [3.63, 3.8) is 0 Å². The van der Waals surface area contributed by atoms with E-state index in [0.29, 0.717) is 28.0 Å². The van der Waals surface area contributed by atoms with Crippen LogP contribution in [-0.4, -0.2) is 11.0 Å². The van der Waals surface area contributed by atoms with Crippen molar-refractivity contribution >= 4 is 34.3 Å². The lowest BCUT2D eigenvalue weighted by atomic mass is 10.2. The SMILES string of the molecule is O=C(Nc1cccc(SCc2cc3ccc(O)cc3oc2=O)c1)c1ccccc1F. The van der Waals surface area contributed by atoms with Gasteiger partial charge in [-0.05, 0) is 48.5 Å². The molecule has 0 spiro atoms. The number of nitrogens with one attached hydrogen (secondary N) is 1. The highest BCUT2D eigenvalue weighted by Gasteiger charge is 2.12. The van der Waals surface area contributed by atoms with Crippen LogP contribution in [0.15, 0.2) is 86.9 Å². The number of halogens is 1. The molecule has 150 valence electrons. The summed E-state index contributed by atoms with van der Waals surface area (Å²) >= 11 is 1.40. The van der Waals surface area contributed by atoms with Crippen LogP contribution in [0.3, 0.4) is 0 Å². The van der Waals surface area contributed by atoms with E-state index in [1.807, 2.05) is 6.07 Å². The maximum atomic E-state index is 13.8. The lowest BCUT2D eigenvalue weighted by Crippen LogP contribution is -2.13. The van der Waals surface area contributed by atoms with Gasteiger partial charge in [-0.15, -0.1) is 11.8 Å². The number of phenolic OH excluding ortho intramolecular Hbond substituents is 1. The maximum Gasteiger partial charge on any atom is 0.340 e. The summed E-state index contributed by atoms with van der Waals surface area (Å²) in [5.41, 5.74) is 0.833. The number of aromatic hydroxyl groups is 1. The van der Waals surface area contributed by atoms with Gasteiger partial charge in [0.2, 0.25) is 0 Å². The number of carbonyl (C=O) groups is 1. The minimum absolute atomic E-state index is 0.0296. The second kappa shape index (κ2) is 8.42. The fraction of sp³-hybridized carbons (Fsp3) is 0.0435. The van der Waals surface area contributed by atoms with Crippen molar-refractivity contribution in [2.75, 3.05) is 5.32 Å². The number of benzene rings is 3. The minimum atomic E-state index is -0.586. The van der Waals surface area contributed by atoms with Gasteiger partial charge in [0.25, 0.3) is 5.91 Å². The summed E-state index contributed by atoms with van der Waals surface area (Å²) in [4.78, 5) is 25.3. The Hall–Kier alpha value is -3.58. The molecule has 4 aromatic rings. The van der Waals surface area contributed by atoms with Crippen LogP contribution >= 0.6 is 11.8 Å². The highest BCUT2D eigenvalue weighted by atomic mass is 32.2. The molecule has 0 aliphatic rings. The molecular formula is C23H16FNO4S. The van der Waals surface area contributed by atoms with Crippen molar-refractivity contribution in [2.24, 2.45) is 0 Å². The normalized spacial score (nSPS) is 10.8. The average molecular weight is 421 g/mol. The van der Waals surface area contributed by atoms with E-state index in [4.69, 9.17) is 4.42 Å². The molecule has 5 nitrogen and oxygen atoms in total. The first kappa shape index (κ1) is 19.7. The van der Waals surface area contributed by atoms with Gasteiger partial charge in [0, 0.05) is 33.4 Å². The topological polar surface area (TPSA) is 79.5 Å². The van der Waals surface area contributed by atoms with Gasteiger partial charge in [0.15, 0.2) is 0 Å². The first-order chi connectivity index (χ1) is 14.5. The second-order valence-corrected chi connectivity index (χ2v) is 7.58. The molecule has 2 N–H and O–H groups in total. The summed E-state index contributed by atoms with van der Waals surface area (Å²) < 4.78 is 19.1. The quantitative estimate of drug-likeness (QED) is 0.343. The third-order valence-electron chi connectivity index (χ3n) is 4.40. The molecule has 0 saturated heterocycles. The van der Waals surface area contributed by atoms with Crippen LogP contribution in [0.5, 0.6) is 5.75 Å². The van der Waals surface area contributed by atoms with Gasteiger partial charge in [-0.2, -0.15) is 0 Å². The predicted octanol–water partition coefficient (Wildman–Crippen LogP) is 5.18. The van der Waals surface area contributed by atoms with Crippen LogP contribution in [0.4, 0.5) is 10.1 Å². The lowest BCUT2D eigenvalue weighted by molar-refractivity contribution is 0.102. The number of phenols is 1. The van der Waals surface area contributed by atoms with E-state index in [2.05, 4.69) is 5.32 Å². The summed E-state index contributed by atoms with van der Waals surface area (Å²) in [5.74, 6) is -0.725. The molecule has 1 aromatic heterocycles. The summed E-state index contributed by atoms with van der Waals surface area (Å²) in [5, 5.41) is 12.9. The van der Waals surface area contributed by atoms with E-state index in [0.717, 1.165) is 4.90 Å². The maximum absolute atomic E-state index is 13.8. The van der Waals surface area contributed by atoms with E-state index < -0.39 is 17.3 Å². The van der Waals surface area contributed by atoms with E-state index in [1.54, 1.807) is 36.4 Å². The molecule has 0 aliphatic carbocycles. The van der Waals surface area contributed by atoms with Gasteiger partial charge in [-0.1, -0.05) is 18.2 Å². The Balaban J connectivity index is 1.49. The Morgan fingerprint density at radius 3 is 2.70 bits per heavy atom. The smallest absolute Gasteiger partial charge is 0.340 e. The molecule has 0 unspecified atom stereocenters. The first-order valence-corrected chi connectivity index (χ1v) is 10.0. The number of thioether (sulfide) groups is 1. The molecule has 0 aliphatic heterocycles. The Morgan fingerprint density at radius 1 is 1.03 bits per heavy atom. The fourth-order valence-electron chi connectivity index (χ4n) is 2.91. The van der Waals surface area contributed by atoms with Crippen molar-refractivity contribution < 1.29 is 18.7 Å². The number of amides is 1. The zero-order chi connectivity index (χ0) is 21.1. The fourth-order valence-corrected chi connectivity index (χ4v) is 3.82. The Bertz CT molecular complexity index is 1300. The molecule has 0 atom stereocenters. The predicted molar refractivity (Wildman–Crippen MR) is 115 cm³/mol. The number of hydrogen-bond acceptors (Lipinski definition) is 5. The molecule has 0 saturated carbocycles. The van der Waals surface area contributed by atoms with Crippen LogP contribution in [0.2, 0.25) is 0 Å². The van der Waals surface area contributed by atoms with Crippen LogP contribution in [0.1, 0.15) is 15.9 Å². The molecule has 0 radical (unpaired) electrons. The van der Waals surface area contributed by atoms with Crippen molar-refractivity contribution in [1.82, 2.24) is 0 Å². The highest BCUT2D eigenvalue weighted by molar-refractivity contribution is 7.98. The van der Waals surface area contributed by atoms with Gasteiger partial charge < -0.3 is 14.8 Å². The van der Waals surface area contributed by atoms with Gasteiger partial charge in [-0.25, -0.2) is 9.18 Å². The summed E-state index contributed by atoms with van der Waals surface area (Å²) in [6.45, 7) is 0. The van der Waals surface area contributed by atoms with Gasteiger partial charge >= 0.3 is 5.63 Å². The zero-order valence-corrected chi connectivity index (χ0v) is 16.4. The van der Waals surface area contributed by atoms with Gasteiger partial charge in [-0.3, -0.25) is 4.79 Å². The molecular weight excluding hydrogens is 405 g/mol. The van der Waals surface area contributed by atoms with Gasteiger partial charge in [0.05, 0.1) is 5.56 Å². The van der Waals surface area contributed by atoms with Crippen LogP contribution in [0, 0.1) is 5.82 Å². The molecule has 4 rings (SSSR count). The van der Waals surface area contributed by atoms with Crippen LogP contribution in [0.25, 0.3) is 11.0 Å². The summed E-state index contributed by atoms with van der Waals surface area (Å²) in [6.07, 6.45) is 0. The molecule has 30 heavy (non-hydrogen) atoms. The number of fused-ring (bicyclic) bond motifs is 1. The number of rotatable bonds is 5.